The van der Waals surface area contributed by atoms with Gasteiger partial charge in [0.2, 0.25) is 0 Å². The highest BCUT2D eigenvalue weighted by molar-refractivity contribution is 8.05. The fourth-order valence-electron chi connectivity index (χ4n) is 2.44. The van der Waals surface area contributed by atoms with Gasteiger partial charge < -0.3 is 5.32 Å². The molecule has 0 aromatic carbocycles. The van der Waals surface area contributed by atoms with Gasteiger partial charge in [-0.15, -0.1) is 16.9 Å². The molecule has 4 heterocycles. The van der Waals surface area contributed by atoms with Crippen LogP contribution in [-0.4, -0.2) is 19.6 Å². The zero-order valence-electron chi connectivity index (χ0n) is 14.4. The quantitative estimate of drug-likeness (QED) is 0.735. The third kappa shape index (κ3) is 4.09. The molecular formula is C19H21N5S. The SMILES string of the molecule is C1=CSC=C(c2cnc3ccc(NCc4ccccn4)nn23)C1.CC. The molecule has 0 saturated heterocycles. The molecule has 0 saturated carbocycles. The number of allylic oxidation sites excluding steroid dienone is 2. The van der Waals surface area contributed by atoms with Crippen LogP contribution in [0.15, 0.2) is 59.6 Å². The third-order valence-electron chi connectivity index (χ3n) is 3.59. The maximum atomic E-state index is 4.67. The van der Waals surface area contributed by atoms with Gasteiger partial charge in [-0.2, -0.15) is 0 Å². The number of thioether (sulfide) groups is 1. The summed E-state index contributed by atoms with van der Waals surface area (Å²) < 4.78 is 1.90. The highest BCUT2D eigenvalue weighted by Gasteiger charge is 2.11. The Morgan fingerprint density at radius 2 is 2.08 bits per heavy atom. The first-order chi connectivity index (χ1) is 12.4. The van der Waals surface area contributed by atoms with Gasteiger partial charge in [0.1, 0.15) is 5.82 Å². The second-order valence-electron chi connectivity index (χ2n) is 5.16. The van der Waals surface area contributed by atoms with Crippen LogP contribution < -0.4 is 5.32 Å². The highest BCUT2D eigenvalue weighted by Crippen LogP contribution is 2.27. The van der Waals surface area contributed by atoms with E-state index in [1.54, 1.807) is 18.0 Å². The fraction of sp³-hybridized carbons (Fsp3) is 0.211. The van der Waals surface area contributed by atoms with Crippen molar-refractivity contribution in [3.05, 3.63) is 71.0 Å². The van der Waals surface area contributed by atoms with Gasteiger partial charge in [0.25, 0.3) is 0 Å². The van der Waals surface area contributed by atoms with E-state index in [2.05, 4.69) is 37.3 Å². The second-order valence-corrected chi connectivity index (χ2v) is 5.94. The molecule has 0 radical (unpaired) electrons. The molecule has 25 heavy (non-hydrogen) atoms. The number of pyridine rings is 1. The normalized spacial score (nSPS) is 13.1. The van der Waals surface area contributed by atoms with E-state index in [0.29, 0.717) is 6.54 Å². The van der Waals surface area contributed by atoms with Crippen molar-refractivity contribution in [2.75, 3.05) is 5.32 Å². The predicted molar refractivity (Wildman–Crippen MR) is 105 cm³/mol. The zero-order valence-corrected chi connectivity index (χ0v) is 15.2. The molecule has 0 amide bonds. The summed E-state index contributed by atoms with van der Waals surface area (Å²) in [5, 5.41) is 12.2. The highest BCUT2D eigenvalue weighted by atomic mass is 32.2. The van der Waals surface area contributed by atoms with Crippen molar-refractivity contribution in [3.63, 3.8) is 0 Å². The Hall–Kier alpha value is -2.60. The van der Waals surface area contributed by atoms with Crippen LogP contribution in [-0.2, 0) is 6.54 Å². The van der Waals surface area contributed by atoms with E-state index in [4.69, 9.17) is 0 Å². The van der Waals surface area contributed by atoms with Crippen molar-refractivity contribution in [1.82, 2.24) is 19.6 Å². The van der Waals surface area contributed by atoms with Crippen LogP contribution in [0.4, 0.5) is 5.82 Å². The Labute approximate surface area is 151 Å². The molecule has 128 valence electrons. The van der Waals surface area contributed by atoms with Crippen LogP contribution in [0, 0.1) is 0 Å². The largest absolute Gasteiger partial charge is 0.363 e. The lowest BCUT2D eigenvalue weighted by Gasteiger charge is -2.09. The minimum Gasteiger partial charge on any atom is -0.363 e. The molecule has 1 aliphatic rings. The summed E-state index contributed by atoms with van der Waals surface area (Å²) >= 11 is 1.69. The Morgan fingerprint density at radius 3 is 2.84 bits per heavy atom. The van der Waals surface area contributed by atoms with Crippen LogP contribution in [0.25, 0.3) is 11.2 Å². The first kappa shape index (κ1) is 17.2. The lowest BCUT2D eigenvalue weighted by atomic mass is 10.1. The Morgan fingerprint density at radius 1 is 1.16 bits per heavy atom. The van der Waals surface area contributed by atoms with E-state index < -0.39 is 0 Å². The molecule has 0 atom stereocenters. The van der Waals surface area contributed by atoms with Crippen molar-refractivity contribution < 1.29 is 0 Å². The molecular weight excluding hydrogens is 330 g/mol. The van der Waals surface area contributed by atoms with Gasteiger partial charge in [0.05, 0.1) is 24.1 Å². The summed E-state index contributed by atoms with van der Waals surface area (Å²) in [6, 6.07) is 9.80. The number of nitrogens with one attached hydrogen (secondary N) is 1. The average molecular weight is 351 g/mol. The van der Waals surface area contributed by atoms with Gasteiger partial charge in [-0.25, -0.2) is 9.50 Å². The molecule has 1 aliphatic heterocycles. The standard InChI is InChI=1S/C17H15N5S.C2H6/c1-2-8-18-14(5-1)10-19-16-6-7-17-20-11-15(22(17)21-16)13-4-3-9-23-12-13;1-2/h1-3,5-9,11-12H,4,10H2,(H,19,21);1-2H3. The first-order valence-corrected chi connectivity index (χ1v) is 9.33. The van der Waals surface area contributed by atoms with E-state index in [1.165, 1.54) is 5.57 Å². The van der Waals surface area contributed by atoms with Gasteiger partial charge >= 0.3 is 0 Å². The number of nitrogens with zero attached hydrogens (tertiary/aromatic N) is 4. The lowest BCUT2D eigenvalue weighted by molar-refractivity contribution is 0.904. The summed E-state index contributed by atoms with van der Waals surface area (Å²) in [4.78, 5) is 8.75. The fourth-order valence-corrected chi connectivity index (χ4v) is 3.10. The van der Waals surface area contributed by atoms with Crippen LogP contribution in [0.5, 0.6) is 0 Å². The van der Waals surface area contributed by atoms with Crippen molar-refractivity contribution in [3.8, 4) is 0 Å². The van der Waals surface area contributed by atoms with E-state index in [1.807, 2.05) is 54.9 Å². The minimum absolute atomic E-state index is 0.644. The van der Waals surface area contributed by atoms with E-state index in [-0.39, 0.29) is 0 Å². The maximum Gasteiger partial charge on any atom is 0.154 e. The Bertz CT molecular complexity index is 883. The predicted octanol–water partition coefficient (Wildman–Crippen LogP) is 4.75. The smallest absolute Gasteiger partial charge is 0.154 e. The Kier molecular flexibility index (Phi) is 5.85. The molecule has 0 spiro atoms. The number of rotatable bonds is 4. The first-order valence-electron chi connectivity index (χ1n) is 8.38. The molecule has 0 fully saturated rings. The van der Waals surface area contributed by atoms with Crippen LogP contribution >= 0.6 is 11.8 Å². The molecule has 3 aromatic heterocycles. The number of aromatic nitrogens is 4. The molecule has 0 unspecified atom stereocenters. The monoisotopic (exact) mass is 351 g/mol. The molecule has 3 aromatic rings. The van der Waals surface area contributed by atoms with Crippen molar-refractivity contribution in [1.29, 1.82) is 0 Å². The van der Waals surface area contributed by atoms with E-state index in [0.717, 1.165) is 29.3 Å². The average Bonchev–Trinajstić information content (AvgIpc) is 3.13. The summed E-state index contributed by atoms with van der Waals surface area (Å²) in [5.41, 5.74) is 4.11. The van der Waals surface area contributed by atoms with Gasteiger partial charge in [-0.3, -0.25) is 4.98 Å². The summed E-state index contributed by atoms with van der Waals surface area (Å²) in [5.74, 6) is 0.807. The second kappa shape index (κ2) is 8.48. The molecule has 6 heteroatoms. The third-order valence-corrected chi connectivity index (χ3v) is 4.36. The van der Waals surface area contributed by atoms with Gasteiger partial charge in [-0.05, 0) is 47.1 Å². The molecule has 1 N–H and O–H groups in total. The molecule has 5 nitrogen and oxygen atoms in total. The van der Waals surface area contributed by atoms with Crippen LogP contribution in [0.1, 0.15) is 31.7 Å². The summed E-state index contributed by atoms with van der Waals surface area (Å²) in [6.45, 7) is 4.64. The van der Waals surface area contributed by atoms with Crippen molar-refractivity contribution in [2.24, 2.45) is 0 Å². The number of hydrogen-bond acceptors (Lipinski definition) is 5. The molecule has 4 rings (SSSR count). The topological polar surface area (TPSA) is 55.1 Å². The maximum absolute atomic E-state index is 4.67. The summed E-state index contributed by atoms with van der Waals surface area (Å²) in [6.07, 6.45) is 6.75. The van der Waals surface area contributed by atoms with Crippen LogP contribution in [0.3, 0.4) is 0 Å². The van der Waals surface area contributed by atoms with Gasteiger partial charge in [-0.1, -0.05) is 26.0 Å². The van der Waals surface area contributed by atoms with Crippen LogP contribution in [0.2, 0.25) is 0 Å². The van der Waals surface area contributed by atoms with Gasteiger partial charge in [0.15, 0.2) is 5.65 Å². The number of imidazole rings is 1. The molecule has 0 aliphatic carbocycles. The number of anilines is 1. The lowest BCUT2D eigenvalue weighted by Crippen LogP contribution is -2.06. The van der Waals surface area contributed by atoms with Crippen molar-refractivity contribution >= 4 is 28.8 Å². The number of fused-ring (bicyclic) bond motifs is 1. The molecule has 0 bridgehead atoms. The zero-order chi connectivity index (χ0) is 17.5. The van der Waals surface area contributed by atoms with E-state index in [9.17, 15) is 0 Å². The minimum atomic E-state index is 0.644. The van der Waals surface area contributed by atoms with Crippen molar-refractivity contribution in [2.45, 2.75) is 26.8 Å². The Balaban J connectivity index is 0.000000880. The van der Waals surface area contributed by atoms with E-state index >= 15 is 0 Å². The number of hydrogen-bond donors (Lipinski definition) is 1. The summed E-state index contributed by atoms with van der Waals surface area (Å²) in [7, 11) is 0. The van der Waals surface area contributed by atoms with Gasteiger partial charge in [0, 0.05) is 6.20 Å².